The van der Waals surface area contributed by atoms with Gasteiger partial charge >= 0.3 is 0 Å². The summed E-state index contributed by atoms with van der Waals surface area (Å²) in [7, 11) is 0. The van der Waals surface area contributed by atoms with E-state index < -0.39 is 5.54 Å². The van der Waals surface area contributed by atoms with Crippen LogP contribution in [0.5, 0.6) is 0 Å². The number of hydrogen-bond donors (Lipinski definition) is 1. The minimum Gasteiger partial charge on any atom is -0.321 e. The lowest BCUT2D eigenvalue weighted by Gasteiger charge is -2.33. The first-order chi connectivity index (χ1) is 12.2. The molecule has 0 spiro atoms. The molecule has 0 fully saturated rings. The summed E-state index contributed by atoms with van der Waals surface area (Å²) in [5, 5.41) is 0. The van der Waals surface area contributed by atoms with Crippen LogP contribution in [0.4, 0.5) is 0 Å². The van der Waals surface area contributed by atoms with Gasteiger partial charge in [-0.25, -0.2) is 0 Å². The molecule has 0 atom stereocenters. The maximum absolute atomic E-state index is 6.95. The molecule has 26 heavy (non-hydrogen) atoms. The van der Waals surface area contributed by atoms with Crippen LogP contribution in [0.1, 0.15) is 16.7 Å². The number of rotatable bonds is 7. The van der Waals surface area contributed by atoms with E-state index in [1.54, 1.807) is 0 Å². The molecule has 3 aromatic rings. The summed E-state index contributed by atoms with van der Waals surface area (Å²) in [6.07, 6.45) is 2.37. The van der Waals surface area contributed by atoms with Crippen LogP contribution in [0.25, 0.3) is 0 Å². The number of halogens is 1. The zero-order valence-corrected chi connectivity index (χ0v) is 15.8. The zero-order valence-electron chi connectivity index (χ0n) is 15.0. The smallest absolute Gasteiger partial charge is 0.0451 e. The van der Waals surface area contributed by atoms with E-state index in [1.165, 1.54) is 16.7 Å². The van der Waals surface area contributed by atoms with Gasteiger partial charge in [-0.2, -0.15) is 0 Å². The second-order valence-corrected chi connectivity index (χ2v) is 6.75. The SMILES string of the molecule is C=C(Cc1ccccc1)C(N)(Cc1ccccc1)Cc1ccccc1.Cl. The van der Waals surface area contributed by atoms with Crippen LogP contribution in [0.15, 0.2) is 103 Å². The molecule has 0 saturated heterocycles. The van der Waals surface area contributed by atoms with E-state index in [9.17, 15) is 0 Å². The maximum Gasteiger partial charge on any atom is 0.0451 e. The average molecular weight is 364 g/mol. The molecule has 0 amide bonds. The Hall–Kier alpha value is -2.35. The van der Waals surface area contributed by atoms with Gasteiger partial charge in [0, 0.05) is 5.54 Å². The third kappa shape index (κ3) is 5.32. The molecule has 0 saturated carbocycles. The highest BCUT2D eigenvalue weighted by Gasteiger charge is 2.29. The van der Waals surface area contributed by atoms with Gasteiger partial charge in [-0.05, 0) is 36.0 Å². The lowest BCUT2D eigenvalue weighted by molar-refractivity contribution is 0.483. The molecule has 0 aromatic heterocycles. The molecule has 0 aliphatic heterocycles. The van der Waals surface area contributed by atoms with Crippen LogP contribution in [-0.4, -0.2) is 5.54 Å². The van der Waals surface area contributed by atoms with Crippen molar-refractivity contribution in [2.45, 2.75) is 24.8 Å². The molecule has 134 valence electrons. The van der Waals surface area contributed by atoms with Crippen molar-refractivity contribution in [3.8, 4) is 0 Å². The Morgan fingerprint density at radius 3 is 1.38 bits per heavy atom. The lowest BCUT2D eigenvalue weighted by Crippen LogP contribution is -2.46. The molecular weight excluding hydrogens is 338 g/mol. The molecule has 0 aliphatic rings. The standard InChI is InChI=1S/C24H25N.ClH/c1-20(17-21-11-5-2-6-12-21)24(25,18-22-13-7-3-8-14-22)19-23-15-9-4-10-16-23;/h2-16H,1,17-19,25H2;1H. The monoisotopic (exact) mass is 363 g/mol. The second-order valence-electron chi connectivity index (χ2n) is 6.75. The fraction of sp³-hybridized carbons (Fsp3) is 0.167. The highest BCUT2D eigenvalue weighted by molar-refractivity contribution is 5.85. The van der Waals surface area contributed by atoms with Gasteiger partial charge in [0.2, 0.25) is 0 Å². The van der Waals surface area contributed by atoms with Crippen LogP contribution in [0.2, 0.25) is 0 Å². The molecule has 0 aliphatic carbocycles. The van der Waals surface area contributed by atoms with Crippen molar-refractivity contribution in [3.63, 3.8) is 0 Å². The highest BCUT2D eigenvalue weighted by Crippen LogP contribution is 2.26. The normalized spacial score (nSPS) is 10.8. The van der Waals surface area contributed by atoms with Crippen LogP contribution in [0, 0.1) is 0 Å². The number of hydrogen-bond acceptors (Lipinski definition) is 1. The van der Waals surface area contributed by atoms with Gasteiger partial charge in [-0.3, -0.25) is 0 Å². The zero-order chi connectivity index (χ0) is 17.5. The first-order valence-electron chi connectivity index (χ1n) is 8.75. The Bertz CT molecular complexity index is 756. The van der Waals surface area contributed by atoms with Crippen LogP contribution < -0.4 is 5.73 Å². The Kier molecular flexibility index (Phi) is 7.20. The van der Waals surface area contributed by atoms with Gasteiger partial charge in [0.15, 0.2) is 0 Å². The van der Waals surface area contributed by atoms with Gasteiger partial charge in [-0.15, -0.1) is 12.4 Å². The quantitative estimate of drug-likeness (QED) is 0.559. The van der Waals surface area contributed by atoms with Crippen molar-refractivity contribution in [1.82, 2.24) is 0 Å². The Morgan fingerprint density at radius 2 is 1.00 bits per heavy atom. The predicted molar refractivity (Wildman–Crippen MR) is 114 cm³/mol. The molecule has 3 aromatic carbocycles. The highest BCUT2D eigenvalue weighted by atomic mass is 35.5. The van der Waals surface area contributed by atoms with E-state index in [0.717, 1.165) is 24.8 Å². The van der Waals surface area contributed by atoms with Crippen LogP contribution in [-0.2, 0) is 19.3 Å². The third-order valence-electron chi connectivity index (χ3n) is 4.69. The molecule has 3 rings (SSSR count). The third-order valence-corrected chi connectivity index (χ3v) is 4.69. The van der Waals surface area contributed by atoms with Crippen molar-refractivity contribution >= 4 is 12.4 Å². The minimum absolute atomic E-state index is 0. The van der Waals surface area contributed by atoms with Crippen molar-refractivity contribution in [2.24, 2.45) is 5.73 Å². The molecule has 0 heterocycles. The summed E-state index contributed by atoms with van der Waals surface area (Å²) in [5.41, 5.74) is 11.3. The lowest BCUT2D eigenvalue weighted by atomic mass is 9.78. The summed E-state index contributed by atoms with van der Waals surface area (Å²) < 4.78 is 0. The van der Waals surface area contributed by atoms with E-state index in [2.05, 4.69) is 79.4 Å². The van der Waals surface area contributed by atoms with Gasteiger partial charge < -0.3 is 5.73 Å². The summed E-state index contributed by atoms with van der Waals surface area (Å²) in [6, 6.07) is 31.4. The van der Waals surface area contributed by atoms with E-state index >= 15 is 0 Å². The van der Waals surface area contributed by atoms with E-state index in [0.29, 0.717) is 0 Å². The Balaban J connectivity index is 0.00000243. The maximum atomic E-state index is 6.95. The van der Waals surface area contributed by atoms with Crippen molar-refractivity contribution in [2.75, 3.05) is 0 Å². The summed E-state index contributed by atoms with van der Waals surface area (Å²) in [4.78, 5) is 0. The topological polar surface area (TPSA) is 26.0 Å². The summed E-state index contributed by atoms with van der Waals surface area (Å²) in [6.45, 7) is 4.39. The van der Waals surface area contributed by atoms with E-state index in [-0.39, 0.29) is 12.4 Å². The fourth-order valence-corrected chi connectivity index (χ4v) is 3.25. The Labute approximate surface area is 163 Å². The van der Waals surface area contributed by atoms with Crippen LogP contribution >= 0.6 is 12.4 Å². The van der Waals surface area contributed by atoms with Gasteiger partial charge in [0.1, 0.15) is 0 Å². The van der Waals surface area contributed by atoms with Crippen LogP contribution in [0.3, 0.4) is 0 Å². The molecule has 2 N–H and O–H groups in total. The second kappa shape index (κ2) is 9.38. The van der Waals surface area contributed by atoms with Crippen molar-refractivity contribution in [1.29, 1.82) is 0 Å². The number of benzene rings is 3. The average Bonchev–Trinajstić information content (AvgIpc) is 2.64. The minimum atomic E-state index is -0.474. The van der Waals surface area contributed by atoms with Crippen molar-refractivity contribution in [3.05, 3.63) is 120 Å². The van der Waals surface area contributed by atoms with Gasteiger partial charge in [-0.1, -0.05) is 103 Å². The van der Waals surface area contributed by atoms with E-state index in [1.807, 2.05) is 18.2 Å². The number of nitrogens with two attached hydrogens (primary N) is 1. The Morgan fingerprint density at radius 1 is 0.654 bits per heavy atom. The first kappa shape index (κ1) is 20.0. The molecule has 0 radical (unpaired) electrons. The fourth-order valence-electron chi connectivity index (χ4n) is 3.25. The van der Waals surface area contributed by atoms with Gasteiger partial charge in [0.05, 0.1) is 0 Å². The molecule has 0 bridgehead atoms. The van der Waals surface area contributed by atoms with Crippen molar-refractivity contribution < 1.29 is 0 Å². The molecule has 2 heteroatoms. The predicted octanol–water partition coefficient (Wildman–Crippen LogP) is 5.39. The molecule has 0 unspecified atom stereocenters. The molecule has 1 nitrogen and oxygen atoms in total. The van der Waals surface area contributed by atoms with Gasteiger partial charge in [0.25, 0.3) is 0 Å². The van der Waals surface area contributed by atoms with E-state index in [4.69, 9.17) is 5.73 Å². The molecular formula is C24H26ClN. The first-order valence-corrected chi connectivity index (χ1v) is 8.75. The summed E-state index contributed by atoms with van der Waals surface area (Å²) >= 11 is 0. The largest absolute Gasteiger partial charge is 0.321 e. The summed E-state index contributed by atoms with van der Waals surface area (Å²) in [5.74, 6) is 0.